The standard InChI is InChI=1S/C15H19ClO2/c1-10-8-13(16)9-11(2)15(10)18-7-6-12-4-3-5-14(12)17/h8-9,12H,3-7H2,1-2H3. The third-order valence-electron chi connectivity index (χ3n) is 3.57. The lowest BCUT2D eigenvalue weighted by atomic mass is 10.0. The lowest BCUT2D eigenvalue weighted by Crippen LogP contribution is -2.11. The second-order valence-electron chi connectivity index (χ2n) is 5.06. The van der Waals surface area contributed by atoms with Crippen LogP contribution in [0.25, 0.3) is 0 Å². The number of hydrogen-bond donors (Lipinski definition) is 0. The number of halogens is 1. The second-order valence-corrected chi connectivity index (χ2v) is 5.50. The van der Waals surface area contributed by atoms with E-state index in [0.717, 1.165) is 47.6 Å². The van der Waals surface area contributed by atoms with Gasteiger partial charge in [-0.15, -0.1) is 0 Å². The Morgan fingerprint density at radius 3 is 2.56 bits per heavy atom. The fraction of sp³-hybridized carbons (Fsp3) is 0.533. The van der Waals surface area contributed by atoms with Gasteiger partial charge in [0.2, 0.25) is 0 Å². The molecular formula is C15H19ClO2. The average Bonchev–Trinajstić information content (AvgIpc) is 2.68. The van der Waals surface area contributed by atoms with Gasteiger partial charge in [0.25, 0.3) is 0 Å². The summed E-state index contributed by atoms with van der Waals surface area (Å²) < 4.78 is 5.82. The van der Waals surface area contributed by atoms with Crippen LogP contribution in [0, 0.1) is 19.8 Å². The molecule has 1 aromatic rings. The number of benzene rings is 1. The molecule has 2 nitrogen and oxygen atoms in total. The third-order valence-corrected chi connectivity index (χ3v) is 3.79. The van der Waals surface area contributed by atoms with Crippen LogP contribution in [-0.2, 0) is 4.79 Å². The van der Waals surface area contributed by atoms with Gasteiger partial charge in [-0.1, -0.05) is 11.6 Å². The van der Waals surface area contributed by atoms with E-state index in [9.17, 15) is 4.79 Å². The fourth-order valence-corrected chi connectivity index (χ4v) is 2.95. The topological polar surface area (TPSA) is 26.3 Å². The third kappa shape index (κ3) is 3.05. The van der Waals surface area contributed by atoms with Gasteiger partial charge in [-0.05, 0) is 56.4 Å². The molecule has 0 spiro atoms. The summed E-state index contributed by atoms with van der Waals surface area (Å²) in [7, 11) is 0. The van der Waals surface area contributed by atoms with Crippen LogP contribution in [0.5, 0.6) is 5.75 Å². The molecule has 1 aromatic carbocycles. The average molecular weight is 267 g/mol. The van der Waals surface area contributed by atoms with Gasteiger partial charge in [-0.3, -0.25) is 4.79 Å². The maximum atomic E-state index is 11.5. The van der Waals surface area contributed by atoms with Gasteiger partial charge in [0.05, 0.1) is 6.61 Å². The van der Waals surface area contributed by atoms with Gasteiger partial charge in [0, 0.05) is 17.4 Å². The summed E-state index contributed by atoms with van der Waals surface area (Å²) >= 11 is 5.98. The van der Waals surface area contributed by atoms with Crippen LogP contribution in [0.15, 0.2) is 12.1 Å². The molecule has 0 radical (unpaired) electrons. The highest BCUT2D eigenvalue weighted by Crippen LogP contribution is 2.28. The predicted octanol–water partition coefficient (Wildman–Crippen LogP) is 4.09. The maximum absolute atomic E-state index is 11.5. The zero-order valence-electron chi connectivity index (χ0n) is 11.0. The Morgan fingerprint density at radius 2 is 2.00 bits per heavy atom. The molecule has 98 valence electrons. The van der Waals surface area contributed by atoms with E-state index in [1.807, 2.05) is 26.0 Å². The molecule has 0 heterocycles. The Morgan fingerprint density at radius 1 is 1.33 bits per heavy atom. The smallest absolute Gasteiger partial charge is 0.136 e. The van der Waals surface area contributed by atoms with Crippen LogP contribution in [-0.4, -0.2) is 12.4 Å². The molecule has 1 unspecified atom stereocenters. The minimum Gasteiger partial charge on any atom is -0.493 e. The monoisotopic (exact) mass is 266 g/mol. The minimum absolute atomic E-state index is 0.220. The van der Waals surface area contributed by atoms with Crippen LogP contribution < -0.4 is 4.74 Å². The van der Waals surface area contributed by atoms with Crippen LogP contribution in [0.1, 0.15) is 36.8 Å². The Bertz CT molecular complexity index is 431. The van der Waals surface area contributed by atoms with Crippen LogP contribution in [0.2, 0.25) is 5.02 Å². The molecule has 0 amide bonds. The highest BCUT2D eigenvalue weighted by atomic mass is 35.5. The van der Waals surface area contributed by atoms with Gasteiger partial charge in [-0.25, -0.2) is 0 Å². The first-order chi connectivity index (χ1) is 8.58. The molecule has 0 N–H and O–H groups in total. The first-order valence-electron chi connectivity index (χ1n) is 6.50. The van der Waals surface area contributed by atoms with Gasteiger partial charge in [0.15, 0.2) is 0 Å². The van der Waals surface area contributed by atoms with E-state index >= 15 is 0 Å². The number of carbonyl (C=O) groups excluding carboxylic acids is 1. The number of rotatable bonds is 4. The van der Waals surface area contributed by atoms with Crippen molar-refractivity contribution in [3.63, 3.8) is 0 Å². The van der Waals surface area contributed by atoms with E-state index in [1.54, 1.807) is 0 Å². The Hall–Kier alpha value is -1.02. The lowest BCUT2D eigenvalue weighted by molar-refractivity contribution is -0.121. The lowest BCUT2D eigenvalue weighted by Gasteiger charge is -2.14. The molecule has 0 bridgehead atoms. The number of ether oxygens (including phenoxy) is 1. The fourth-order valence-electron chi connectivity index (χ4n) is 2.62. The Labute approximate surface area is 113 Å². The highest BCUT2D eigenvalue weighted by molar-refractivity contribution is 6.30. The molecule has 3 heteroatoms. The molecule has 1 atom stereocenters. The van der Waals surface area contributed by atoms with E-state index in [4.69, 9.17) is 16.3 Å². The van der Waals surface area contributed by atoms with E-state index in [1.165, 1.54) is 0 Å². The van der Waals surface area contributed by atoms with Crippen molar-refractivity contribution in [3.8, 4) is 5.75 Å². The number of aryl methyl sites for hydroxylation is 2. The number of ketones is 1. The molecule has 0 aromatic heterocycles. The molecule has 2 rings (SSSR count). The molecule has 0 aliphatic heterocycles. The van der Waals surface area contributed by atoms with Gasteiger partial charge in [-0.2, -0.15) is 0 Å². The van der Waals surface area contributed by atoms with Gasteiger partial charge >= 0.3 is 0 Å². The Balaban J connectivity index is 1.92. The molecule has 1 fully saturated rings. The van der Waals surface area contributed by atoms with Crippen molar-refractivity contribution < 1.29 is 9.53 Å². The number of Topliss-reactive ketones (excluding diaryl/α,β-unsaturated/α-hetero) is 1. The summed E-state index contributed by atoms with van der Waals surface area (Å²) in [5, 5.41) is 0.739. The van der Waals surface area contributed by atoms with Crippen LogP contribution >= 0.6 is 11.6 Å². The summed E-state index contributed by atoms with van der Waals surface area (Å²) in [6, 6.07) is 3.81. The molecule has 1 saturated carbocycles. The van der Waals surface area contributed by atoms with Crippen molar-refractivity contribution in [2.45, 2.75) is 39.5 Å². The maximum Gasteiger partial charge on any atom is 0.136 e. The highest BCUT2D eigenvalue weighted by Gasteiger charge is 2.24. The number of hydrogen-bond acceptors (Lipinski definition) is 2. The van der Waals surface area contributed by atoms with E-state index < -0.39 is 0 Å². The first-order valence-corrected chi connectivity index (χ1v) is 6.88. The quantitative estimate of drug-likeness (QED) is 0.820. The van der Waals surface area contributed by atoms with Crippen molar-refractivity contribution in [1.29, 1.82) is 0 Å². The van der Waals surface area contributed by atoms with E-state index in [2.05, 4.69) is 0 Å². The largest absolute Gasteiger partial charge is 0.493 e. The van der Waals surface area contributed by atoms with Gasteiger partial charge < -0.3 is 4.74 Å². The van der Waals surface area contributed by atoms with Crippen molar-refractivity contribution >= 4 is 17.4 Å². The van der Waals surface area contributed by atoms with Crippen molar-refractivity contribution in [1.82, 2.24) is 0 Å². The summed E-state index contributed by atoms with van der Waals surface area (Å²) in [5.41, 5.74) is 2.11. The molecular weight excluding hydrogens is 248 g/mol. The van der Waals surface area contributed by atoms with Crippen LogP contribution in [0.4, 0.5) is 0 Å². The first kappa shape index (κ1) is 13.4. The van der Waals surface area contributed by atoms with Crippen molar-refractivity contribution in [2.24, 2.45) is 5.92 Å². The van der Waals surface area contributed by atoms with Crippen LogP contribution in [0.3, 0.4) is 0 Å². The van der Waals surface area contributed by atoms with Crippen molar-refractivity contribution in [2.75, 3.05) is 6.61 Å². The van der Waals surface area contributed by atoms with E-state index in [0.29, 0.717) is 12.4 Å². The summed E-state index contributed by atoms with van der Waals surface area (Å²) in [6.45, 7) is 4.60. The summed E-state index contributed by atoms with van der Waals surface area (Å²) in [5.74, 6) is 1.53. The molecule has 0 saturated heterocycles. The zero-order chi connectivity index (χ0) is 13.1. The summed E-state index contributed by atoms with van der Waals surface area (Å²) in [6.07, 6.45) is 3.66. The molecule has 1 aliphatic carbocycles. The van der Waals surface area contributed by atoms with Gasteiger partial charge in [0.1, 0.15) is 11.5 Å². The minimum atomic E-state index is 0.220. The number of carbonyl (C=O) groups is 1. The molecule has 18 heavy (non-hydrogen) atoms. The van der Waals surface area contributed by atoms with Crippen molar-refractivity contribution in [3.05, 3.63) is 28.3 Å². The van der Waals surface area contributed by atoms with E-state index in [-0.39, 0.29) is 5.92 Å². The Kier molecular flexibility index (Phi) is 4.28. The SMILES string of the molecule is Cc1cc(Cl)cc(C)c1OCCC1CCCC1=O. The normalized spacial score (nSPS) is 19.3. The second kappa shape index (κ2) is 5.75. The summed E-state index contributed by atoms with van der Waals surface area (Å²) in [4.78, 5) is 11.5. The predicted molar refractivity (Wildman–Crippen MR) is 73.4 cm³/mol. The zero-order valence-corrected chi connectivity index (χ0v) is 11.7. The molecule has 1 aliphatic rings.